The molecule has 0 spiro atoms. The number of piperazine rings is 1. The fourth-order valence-corrected chi connectivity index (χ4v) is 8.97. The van der Waals surface area contributed by atoms with Crippen LogP contribution in [0.2, 0.25) is 0 Å². The topological polar surface area (TPSA) is 133 Å². The van der Waals surface area contributed by atoms with Gasteiger partial charge in [0.1, 0.15) is 35.2 Å². The largest absolute Gasteiger partial charge is 0.508 e. The molecule has 3 N–H and O–H groups in total. The summed E-state index contributed by atoms with van der Waals surface area (Å²) in [5.74, 6) is 0.579. The molecule has 2 aromatic heterocycles. The highest BCUT2D eigenvalue weighted by atomic mass is 19.1. The maximum atomic E-state index is 17.0. The number of aromatic nitrogens is 3. The Kier molecular flexibility index (Phi) is 9.47. The number of imide groups is 1. The summed E-state index contributed by atoms with van der Waals surface area (Å²) in [6, 6.07) is 14.2. The summed E-state index contributed by atoms with van der Waals surface area (Å²) in [5, 5.41) is 17.8. The van der Waals surface area contributed by atoms with Crippen molar-refractivity contribution in [2.45, 2.75) is 75.5 Å². The molecule has 1 unspecified atom stereocenters. The highest BCUT2D eigenvalue weighted by Gasteiger charge is 2.35. The number of piperidine rings is 2. The molecule has 0 radical (unpaired) electrons. The standard InChI is InChI=1S/C43H41F2N7O4/c1-2-31-35(44)14-10-26-17-30(53)18-33(37(26)31)39-38(45)40-34(19-46-39)41(52-21-27-11-12-28(22-52)47-27)50-43(49-40)56-23-29-5-3-4-16-51(29)20-24-6-8-25(9-7-24)32-13-15-36(54)48-42(32)55/h1,6-10,14,17-19,27-29,32,47,53H,3-5,11-13,15-16,20-23H2,(H,48,54,55)/t27-,28+,29-,32?/m0/s1. The number of phenolic OH excluding ortho intramolecular Hbond substituents is 1. The third-order valence-electron chi connectivity index (χ3n) is 11.8. The Morgan fingerprint density at radius 1 is 0.982 bits per heavy atom. The number of carbonyl (C=O) groups is 2. The number of halogens is 2. The van der Waals surface area contributed by atoms with Crippen molar-refractivity contribution in [1.82, 2.24) is 30.5 Å². The summed E-state index contributed by atoms with van der Waals surface area (Å²) in [6.07, 6.45) is 13.2. The van der Waals surface area contributed by atoms with Crippen LogP contribution in [-0.4, -0.2) is 81.1 Å². The monoisotopic (exact) mass is 757 g/mol. The van der Waals surface area contributed by atoms with E-state index in [1.54, 1.807) is 0 Å². The molecule has 4 atom stereocenters. The molecule has 4 saturated heterocycles. The summed E-state index contributed by atoms with van der Waals surface area (Å²) in [4.78, 5) is 42.7. The molecule has 5 aromatic rings. The number of ether oxygens (including phenoxy) is 1. The number of hydrogen-bond acceptors (Lipinski definition) is 10. The second kappa shape index (κ2) is 14.7. The van der Waals surface area contributed by atoms with Gasteiger partial charge in [-0.2, -0.15) is 9.97 Å². The van der Waals surface area contributed by atoms with Crippen LogP contribution in [0.1, 0.15) is 67.6 Å². The average molecular weight is 758 g/mol. The van der Waals surface area contributed by atoms with Gasteiger partial charge in [-0.15, -0.1) is 6.42 Å². The molecule has 56 heavy (non-hydrogen) atoms. The molecule has 9 rings (SSSR count). The predicted octanol–water partition coefficient (Wildman–Crippen LogP) is 5.70. The number of phenols is 1. The van der Waals surface area contributed by atoms with E-state index in [9.17, 15) is 19.1 Å². The number of fused-ring (bicyclic) bond motifs is 4. The first-order valence-electron chi connectivity index (χ1n) is 19.3. The minimum Gasteiger partial charge on any atom is -0.508 e. The van der Waals surface area contributed by atoms with Crippen LogP contribution < -0.4 is 20.3 Å². The van der Waals surface area contributed by atoms with Gasteiger partial charge in [-0.1, -0.05) is 42.7 Å². The molecule has 286 valence electrons. The van der Waals surface area contributed by atoms with E-state index in [0.29, 0.717) is 49.1 Å². The summed E-state index contributed by atoms with van der Waals surface area (Å²) >= 11 is 0. The maximum absolute atomic E-state index is 17.0. The number of carbonyl (C=O) groups excluding carboxylic acids is 2. The zero-order valence-corrected chi connectivity index (χ0v) is 30.7. The number of rotatable bonds is 8. The molecule has 6 heterocycles. The Morgan fingerprint density at radius 3 is 2.55 bits per heavy atom. The van der Waals surface area contributed by atoms with Gasteiger partial charge < -0.3 is 20.1 Å². The highest BCUT2D eigenvalue weighted by molar-refractivity contribution is 6.03. The molecule has 2 bridgehead atoms. The summed E-state index contributed by atoms with van der Waals surface area (Å²) in [6.45, 7) is 3.21. The van der Waals surface area contributed by atoms with Crippen LogP contribution in [0.5, 0.6) is 11.8 Å². The zero-order chi connectivity index (χ0) is 38.5. The first-order chi connectivity index (χ1) is 27.2. The maximum Gasteiger partial charge on any atom is 0.319 e. The molecule has 4 aliphatic rings. The van der Waals surface area contributed by atoms with Crippen molar-refractivity contribution in [3.63, 3.8) is 0 Å². The molecule has 0 saturated carbocycles. The van der Waals surface area contributed by atoms with E-state index in [-0.39, 0.29) is 81.9 Å². The Labute approximate surface area is 322 Å². The van der Waals surface area contributed by atoms with E-state index in [1.165, 1.54) is 30.5 Å². The van der Waals surface area contributed by atoms with Crippen LogP contribution in [0.4, 0.5) is 14.6 Å². The highest BCUT2D eigenvalue weighted by Crippen LogP contribution is 2.39. The van der Waals surface area contributed by atoms with Crippen molar-refractivity contribution in [3.8, 4) is 35.4 Å². The van der Waals surface area contributed by atoms with Gasteiger partial charge in [-0.25, -0.2) is 8.78 Å². The molecular weight excluding hydrogens is 717 g/mol. The number of amides is 2. The van der Waals surface area contributed by atoms with Gasteiger partial charge in [0.2, 0.25) is 11.8 Å². The van der Waals surface area contributed by atoms with Crippen LogP contribution in [0, 0.1) is 24.0 Å². The van der Waals surface area contributed by atoms with Crippen molar-refractivity contribution >= 4 is 39.3 Å². The number of anilines is 1. The Hall–Kier alpha value is -5.71. The van der Waals surface area contributed by atoms with Crippen LogP contribution in [0.25, 0.3) is 32.9 Å². The van der Waals surface area contributed by atoms with E-state index in [2.05, 4.69) is 36.3 Å². The number of likely N-dealkylation sites (tertiary alicyclic amines) is 1. The quantitative estimate of drug-likeness (QED) is 0.134. The lowest BCUT2D eigenvalue weighted by molar-refractivity contribution is -0.134. The van der Waals surface area contributed by atoms with E-state index in [4.69, 9.17) is 16.1 Å². The Morgan fingerprint density at radius 2 is 1.79 bits per heavy atom. The smallest absolute Gasteiger partial charge is 0.319 e. The lowest BCUT2D eigenvalue weighted by atomic mass is 9.90. The average Bonchev–Trinajstić information content (AvgIpc) is 3.54. The van der Waals surface area contributed by atoms with Gasteiger partial charge in [-0.3, -0.25) is 24.8 Å². The van der Waals surface area contributed by atoms with Crippen LogP contribution in [0.3, 0.4) is 0 Å². The van der Waals surface area contributed by atoms with Gasteiger partial charge in [0.05, 0.1) is 16.9 Å². The van der Waals surface area contributed by atoms with Crippen LogP contribution in [0.15, 0.2) is 54.7 Å². The van der Waals surface area contributed by atoms with Gasteiger partial charge >= 0.3 is 6.01 Å². The second-order valence-corrected chi connectivity index (χ2v) is 15.4. The molecule has 2 amide bonds. The second-order valence-electron chi connectivity index (χ2n) is 15.4. The van der Waals surface area contributed by atoms with Crippen molar-refractivity contribution in [2.75, 3.05) is 31.1 Å². The lowest BCUT2D eigenvalue weighted by Crippen LogP contribution is -2.51. The molecule has 4 aliphatic heterocycles. The lowest BCUT2D eigenvalue weighted by Gasteiger charge is -2.36. The third-order valence-corrected chi connectivity index (χ3v) is 11.8. The molecule has 13 heteroatoms. The number of terminal acetylenes is 1. The summed E-state index contributed by atoms with van der Waals surface area (Å²) in [5.41, 5.74) is 1.97. The normalized spacial score (nSPS) is 22.7. The molecule has 3 aromatic carbocycles. The van der Waals surface area contributed by atoms with Crippen molar-refractivity contribution in [3.05, 3.63) is 83.1 Å². The first kappa shape index (κ1) is 36.0. The van der Waals surface area contributed by atoms with Crippen LogP contribution in [-0.2, 0) is 16.1 Å². The SMILES string of the molecule is C#Cc1c(F)ccc2cc(O)cc(-c3ncc4c(N5C[C@H]6CC[C@@H](C5)N6)nc(OC[C@@H]5CCCCN5Cc5ccc(C6CCC(=O)NC6=O)cc5)nc4c3F)c12. The van der Waals surface area contributed by atoms with Gasteiger partial charge in [0, 0.05) is 61.3 Å². The number of pyridine rings is 1. The summed E-state index contributed by atoms with van der Waals surface area (Å²) < 4.78 is 38.4. The number of benzene rings is 3. The Balaban J connectivity index is 1.03. The third kappa shape index (κ3) is 6.77. The minimum absolute atomic E-state index is 0.00707. The van der Waals surface area contributed by atoms with Crippen molar-refractivity contribution in [2.24, 2.45) is 0 Å². The first-order valence-corrected chi connectivity index (χ1v) is 19.3. The Bertz CT molecular complexity index is 2410. The number of aromatic hydroxyl groups is 1. The minimum atomic E-state index is -0.756. The fraction of sp³-hybridized carbons (Fsp3) is 0.372. The molecule has 0 aliphatic carbocycles. The van der Waals surface area contributed by atoms with Crippen LogP contribution >= 0.6 is 0 Å². The number of hydrogen-bond donors (Lipinski definition) is 3. The fourth-order valence-electron chi connectivity index (χ4n) is 8.97. The molecular formula is C43H41F2N7O4. The van der Waals surface area contributed by atoms with E-state index >= 15 is 4.39 Å². The number of nitrogens with zero attached hydrogens (tertiary/aromatic N) is 5. The van der Waals surface area contributed by atoms with Crippen molar-refractivity contribution < 1.29 is 28.2 Å². The predicted molar refractivity (Wildman–Crippen MR) is 207 cm³/mol. The molecule has 11 nitrogen and oxygen atoms in total. The molecule has 4 fully saturated rings. The zero-order valence-electron chi connectivity index (χ0n) is 30.7. The van der Waals surface area contributed by atoms with Gasteiger partial charge in [-0.05, 0) is 73.4 Å². The number of nitrogens with one attached hydrogen (secondary N) is 2. The van der Waals surface area contributed by atoms with E-state index in [0.717, 1.165) is 49.8 Å². The van der Waals surface area contributed by atoms with E-state index < -0.39 is 11.6 Å². The van der Waals surface area contributed by atoms with Gasteiger partial charge in [0.25, 0.3) is 0 Å². The van der Waals surface area contributed by atoms with E-state index in [1.807, 2.05) is 24.3 Å². The summed E-state index contributed by atoms with van der Waals surface area (Å²) in [7, 11) is 0. The van der Waals surface area contributed by atoms with Gasteiger partial charge in [0.15, 0.2) is 5.82 Å². The van der Waals surface area contributed by atoms with Crippen molar-refractivity contribution in [1.29, 1.82) is 0 Å².